The quantitative estimate of drug-likeness (QED) is 0.265. The molecule has 1 saturated heterocycles. The minimum atomic E-state index is -0.910. The average molecular weight is 543 g/mol. The van der Waals surface area contributed by atoms with Crippen LogP contribution in [0.4, 0.5) is 11.6 Å². The first-order valence-electron chi connectivity index (χ1n) is 12.8. The SMILES string of the molecule is O=C(O)CCCC(=O)Nc1ccc2sc3c(-c4cccc5c(=O)cc(N6CCOCC6)oc45)cccc3c2c1. The highest BCUT2D eigenvalue weighted by molar-refractivity contribution is 7.26. The van der Waals surface area contributed by atoms with E-state index in [0.29, 0.717) is 55.3 Å². The zero-order valence-electron chi connectivity index (χ0n) is 21.1. The number of hydrogen-bond donors (Lipinski definition) is 2. The molecule has 2 N–H and O–H groups in total. The Balaban J connectivity index is 1.41. The van der Waals surface area contributed by atoms with Crippen molar-refractivity contribution >= 4 is 65.9 Å². The van der Waals surface area contributed by atoms with Gasteiger partial charge in [-0.25, -0.2) is 0 Å². The van der Waals surface area contributed by atoms with Gasteiger partial charge in [0, 0.05) is 69.0 Å². The number of nitrogens with zero attached hydrogens (tertiary/aromatic N) is 1. The number of thiophene rings is 1. The Labute approximate surface area is 227 Å². The molecule has 1 amide bonds. The summed E-state index contributed by atoms with van der Waals surface area (Å²) in [7, 11) is 0. The molecule has 1 aliphatic heterocycles. The highest BCUT2D eigenvalue weighted by Crippen LogP contribution is 2.42. The van der Waals surface area contributed by atoms with E-state index in [1.807, 2.05) is 47.4 Å². The Morgan fingerprint density at radius 3 is 2.49 bits per heavy atom. The number of anilines is 2. The molecule has 1 aliphatic rings. The van der Waals surface area contributed by atoms with E-state index >= 15 is 0 Å². The van der Waals surface area contributed by atoms with Crippen LogP contribution in [0.15, 0.2) is 69.9 Å². The van der Waals surface area contributed by atoms with Crippen LogP contribution in [-0.4, -0.2) is 43.3 Å². The van der Waals surface area contributed by atoms with Crippen LogP contribution >= 0.6 is 11.3 Å². The van der Waals surface area contributed by atoms with E-state index in [9.17, 15) is 14.4 Å². The number of nitrogens with one attached hydrogen (secondary N) is 1. The van der Waals surface area contributed by atoms with Crippen LogP contribution in [0.3, 0.4) is 0 Å². The smallest absolute Gasteiger partial charge is 0.303 e. The molecule has 39 heavy (non-hydrogen) atoms. The number of morpholine rings is 1. The van der Waals surface area contributed by atoms with Gasteiger partial charge >= 0.3 is 5.97 Å². The summed E-state index contributed by atoms with van der Waals surface area (Å²) >= 11 is 1.65. The maximum absolute atomic E-state index is 13.1. The molecule has 2 aromatic heterocycles. The molecule has 0 unspecified atom stereocenters. The fourth-order valence-electron chi connectivity index (χ4n) is 5.03. The molecule has 1 fully saturated rings. The summed E-state index contributed by atoms with van der Waals surface area (Å²) in [4.78, 5) is 38.2. The molecule has 5 aromatic rings. The standard InChI is InChI=1S/C30H26N2O6S/c33-24-17-27(32-12-14-37-15-13-32)38-29-19(4-1-7-22(24)29)20-5-2-6-21-23-16-18(10-11-25(23)39-30(20)21)31-26(34)8-3-9-28(35)36/h1-2,4-7,10-11,16-17H,3,8-9,12-15H2,(H,31,34)(H,35,36). The first kappa shape index (κ1) is 25.1. The number of amides is 1. The lowest BCUT2D eigenvalue weighted by molar-refractivity contribution is -0.137. The van der Waals surface area contributed by atoms with Crippen molar-refractivity contribution < 1.29 is 23.8 Å². The molecule has 0 aliphatic carbocycles. The Hall–Kier alpha value is -4.21. The number of ether oxygens (including phenoxy) is 1. The van der Waals surface area contributed by atoms with Gasteiger partial charge < -0.3 is 24.5 Å². The fraction of sp³-hybridized carbons (Fsp3) is 0.233. The van der Waals surface area contributed by atoms with Crippen molar-refractivity contribution in [2.45, 2.75) is 19.3 Å². The van der Waals surface area contributed by atoms with Crippen molar-refractivity contribution in [3.8, 4) is 11.1 Å². The van der Waals surface area contributed by atoms with Crippen LogP contribution in [-0.2, 0) is 14.3 Å². The number of rotatable bonds is 7. The summed E-state index contributed by atoms with van der Waals surface area (Å²) < 4.78 is 14.0. The largest absolute Gasteiger partial charge is 0.481 e. The first-order chi connectivity index (χ1) is 19.0. The lowest BCUT2D eigenvalue weighted by Gasteiger charge is -2.27. The number of carboxylic acids is 1. The molecule has 6 rings (SSSR count). The molecule has 3 aromatic carbocycles. The first-order valence-corrected chi connectivity index (χ1v) is 13.7. The van der Waals surface area contributed by atoms with E-state index in [0.717, 1.165) is 31.3 Å². The summed E-state index contributed by atoms with van der Waals surface area (Å²) in [6, 6.07) is 19.1. The number of carbonyl (C=O) groups excluding carboxylic acids is 1. The Kier molecular flexibility index (Phi) is 6.76. The van der Waals surface area contributed by atoms with Crippen LogP contribution in [0.2, 0.25) is 0 Å². The third-order valence-corrected chi connectivity index (χ3v) is 8.15. The van der Waals surface area contributed by atoms with Gasteiger partial charge in [-0.2, -0.15) is 0 Å². The van der Waals surface area contributed by atoms with Gasteiger partial charge in [-0.1, -0.05) is 30.3 Å². The van der Waals surface area contributed by atoms with E-state index in [4.69, 9.17) is 14.3 Å². The highest BCUT2D eigenvalue weighted by atomic mass is 32.1. The monoisotopic (exact) mass is 542 g/mol. The highest BCUT2D eigenvalue weighted by Gasteiger charge is 2.19. The molecule has 0 saturated carbocycles. The van der Waals surface area contributed by atoms with Crippen LogP contribution in [0, 0.1) is 0 Å². The summed E-state index contributed by atoms with van der Waals surface area (Å²) in [5.41, 5.74) is 2.97. The molecular formula is C30H26N2O6S. The van der Waals surface area contributed by atoms with E-state index in [2.05, 4.69) is 11.4 Å². The second-order valence-electron chi connectivity index (χ2n) is 9.52. The molecule has 3 heterocycles. The van der Waals surface area contributed by atoms with Crippen LogP contribution in [0.25, 0.3) is 42.3 Å². The van der Waals surface area contributed by atoms with Gasteiger partial charge in [0.2, 0.25) is 5.91 Å². The number of aliphatic carboxylic acids is 1. The fourth-order valence-corrected chi connectivity index (χ4v) is 6.24. The lowest BCUT2D eigenvalue weighted by atomic mass is 10.0. The minimum absolute atomic E-state index is 0.0351. The molecule has 9 heteroatoms. The average Bonchev–Trinajstić information content (AvgIpc) is 3.31. The van der Waals surface area contributed by atoms with E-state index < -0.39 is 5.97 Å². The molecular weight excluding hydrogens is 516 g/mol. The van der Waals surface area contributed by atoms with Gasteiger partial charge in [0.05, 0.1) is 18.6 Å². The van der Waals surface area contributed by atoms with Crippen LogP contribution < -0.4 is 15.6 Å². The predicted octanol–water partition coefficient (Wildman–Crippen LogP) is 5.86. The number of para-hydroxylation sites is 1. The zero-order chi connectivity index (χ0) is 26.9. The van der Waals surface area contributed by atoms with Gasteiger partial charge in [-0.05, 0) is 30.7 Å². The second kappa shape index (κ2) is 10.5. The van der Waals surface area contributed by atoms with Crippen molar-refractivity contribution in [2.24, 2.45) is 0 Å². The van der Waals surface area contributed by atoms with Crippen LogP contribution in [0.1, 0.15) is 19.3 Å². The van der Waals surface area contributed by atoms with Gasteiger partial charge in [-0.3, -0.25) is 14.4 Å². The van der Waals surface area contributed by atoms with Gasteiger partial charge in [0.1, 0.15) is 5.58 Å². The van der Waals surface area contributed by atoms with Gasteiger partial charge in [-0.15, -0.1) is 11.3 Å². The molecule has 8 nitrogen and oxygen atoms in total. The lowest BCUT2D eigenvalue weighted by Crippen LogP contribution is -2.36. The van der Waals surface area contributed by atoms with E-state index in [1.165, 1.54) is 0 Å². The van der Waals surface area contributed by atoms with Gasteiger partial charge in [0.15, 0.2) is 11.3 Å². The molecule has 198 valence electrons. The van der Waals surface area contributed by atoms with Crippen molar-refractivity contribution in [3.63, 3.8) is 0 Å². The van der Waals surface area contributed by atoms with Crippen molar-refractivity contribution in [1.29, 1.82) is 0 Å². The maximum Gasteiger partial charge on any atom is 0.303 e. The Morgan fingerprint density at radius 1 is 0.923 bits per heavy atom. The molecule has 0 radical (unpaired) electrons. The van der Waals surface area contributed by atoms with Crippen molar-refractivity contribution in [3.05, 3.63) is 70.9 Å². The van der Waals surface area contributed by atoms with E-state index in [-0.39, 0.29) is 24.2 Å². The number of fused-ring (bicyclic) bond motifs is 4. The van der Waals surface area contributed by atoms with Crippen LogP contribution in [0.5, 0.6) is 0 Å². The van der Waals surface area contributed by atoms with Crippen molar-refractivity contribution in [1.82, 2.24) is 0 Å². The zero-order valence-corrected chi connectivity index (χ0v) is 21.9. The molecule has 0 bridgehead atoms. The predicted molar refractivity (Wildman–Crippen MR) is 154 cm³/mol. The maximum atomic E-state index is 13.1. The number of hydrogen-bond acceptors (Lipinski definition) is 7. The normalized spacial score (nSPS) is 13.8. The second-order valence-corrected chi connectivity index (χ2v) is 10.6. The third-order valence-electron chi connectivity index (χ3n) is 6.93. The molecule has 0 atom stereocenters. The number of carbonyl (C=O) groups is 2. The summed E-state index contributed by atoms with van der Waals surface area (Å²) in [5, 5.41) is 14.3. The topological polar surface area (TPSA) is 109 Å². The van der Waals surface area contributed by atoms with Gasteiger partial charge in [0.25, 0.3) is 0 Å². The Bertz CT molecular complexity index is 1780. The summed E-state index contributed by atoms with van der Waals surface area (Å²) in [6.07, 6.45) is 0.410. The molecule has 0 spiro atoms. The minimum Gasteiger partial charge on any atom is -0.481 e. The summed E-state index contributed by atoms with van der Waals surface area (Å²) in [6.45, 7) is 2.52. The number of carboxylic acid groups (broad SMARTS) is 1. The van der Waals surface area contributed by atoms with Crippen molar-refractivity contribution in [2.75, 3.05) is 36.5 Å². The Morgan fingerprint density at radius 2 is 1.69 bits per heavy atom. The third kappa shape index (κ3) is 4.98. The van der Waals surface area contributed by atoms with E-state index in [1.54, 1.807) is 23.5 Å². The summed E-state index contributed by atoms with van der Waals surface area (Å²) in [5.74, 6) is -0.569. The number of benzene rings is 3.